The van der Waals surface area contributed by atoms with E-state index in [1.807, 2.05) is 0 Å². The molecule has 0 aliphatic carbocycles. The van der Waals surface area contributed by atoms with E-state index in [4.69, 9.17) is 4.55 Å². The molecule has 0 spiro atoms. The molecule has 0 aliphatic heterocycles. The van der Waals surface area contributed by atoms with E-state index in [1.54, 1.807) is 24.4 Å². The molecule has 0 saturated carbocycles. The minimum atomic E-state index is -4.13. The number of hydrogen-bond acceptors (Lipinski definition) is 2. The van der Waals surface area contributed by atoms with Crippen LogP contribution in [0.4, 0.5) is 0 Å². The Morgan fingerprint density at radius 3 is 2.64 bits per heavy atom. The number of para-hydroxylation sites is 1. The van der Waals surface area contributed by atoms with Crippen LogP contribution in [0.5, 0.6) is 0 Å². The van der Waals surface area contributed by atoms with Gasteiger partial charge < -0.3 is 6.41 Å². The first-order valence-corrected chi connectivity index (χ1v) is 5.06. The molecule has 0 fully saturated rings. The minimum absolute atomic E-state index is 0. The van der Waals surface area contributed by atoms with E-state index in [0.717, 1.165) is 5.39 Å². The summed E-state index contributed by atoms with van der Waals surface area (Å²) in [7, 11) is -4.13. The summed E-state index contributed by atoms with van der Waals surface area (Å²) in [6.07, 6.45) is 1.62. The molecule has 0 amide bonds. The van der Waals surface area contributed by atoms with Crippen molar-refractivity contribution in [1.29, 1.82) is 0 Å². The van der Waals surface area contributed by atoms with Crippen molar-refractivity contribution >= 4 is 21.0 Å². The smallest absolute Gasteiger partial charge is 1.00 e. The fraction of sp³-hybridized carbons (Fsp3) is 0. The molecular weight excluding hydrogens is 229 g/mol. The number of fused-ring (bicyclic) bond motifs is 1. The number of nitrogens with one attached hydrogen (secondary N) is 1. The molecule has 0 aliphatic rings. The molecule has 0 atom stereocenters. The number of rotatable bonds is 1. The van der Waals surface area contributed by atoms with Gasteiger partial charge in [0.2, 0.25) is 0 Å². The fourth-order valence-corrected chi connectivity index (χ4v) is 1.96. The van der Waals surface area contributed by atoms with Crippen molar-refractivity contribution in [3.05, 3.63) is 30.5 Å². The average Bonchev–Trinajstić information content (AvgIpc) is 2.48. The Morgan fingerprint density at radius 1 is 1.29 bits per heavy atom. The van der Waals surface area contributed by atoms with Gasteiger partial charge in [-0.15, -0.1) is 0 Å². The van der Waals surface area contributed by atoms with Gasteiger partial charge in [0.25, 0.3) is 10.1 Å². The van der Waals surface area contributed by atoms with Crippen LogP contribution in [0.25, 0.3) is 10.9 Å². The van der Waals surface area contributed by atoms with Crippen LogP contribution >= 0.6 is 0 Å². The van der Waals surface area contributed by atoms with Crippen LogP contribution < -0.4 is 51.4 Å². The largest absolute Gasteiger partial charge is 1.00 e. The zero-order valence-corrected chi connectivity index (χ0v) is 11.5. The number of aromatic nitrogens is 1. The summed E-state index contributed by atoms with van der Waals surface area (Å²) in [5, 5.41) is 0.759. The van der Waals surface area contributed by atoms with E-state index in [1.165, 1.54) is 6.07 Å². The summed E-state index contributed by atoms with van der Waals surface area (Å²) < 4.78 is 30.6. The van der Waals surface area contributed by atoms with Crippen LogP contribution in [-0.2, 0) is 10.1 Å². The normalized spacial score (nSPS) is 11.2. The molecule has 70 valence electrons. The quantitative estimate of drug-likeness (QED) is 0.470. The standard InChI is InChI=1S/C8H7NO3S.K.H/c10-13(11,12)7-3-1-2-6-4-5-9-8(6)7;;/h1-5,9H,(H,10,11,12);;/q;+1;-1. The maximum Gasteiger partial charge on any atom is 1.00 e. The van der Waals surface area contributed by atoms with E-state index in [0.29, 0.717) is 5.52 Å². The van der Waals surface area contributed by atoms with E-state index in [9.17, 15) is 8.42 Å². The van der Waals surface area contributed by atoms with Crippen molar-refractivity contribution in [3.8, 4) is 0 Å². The topological polar surface area (TPSA) is 70.2 Å². The molecule has 1 aromatic heterocycles. The van der Waals surface area contributed by atoms with E-state index in [2.05, 4.69) is 4.98 Å². The van der Waals surface area contributed by atoms with Gasteiger partial charge >= 0.3 is 51.4 Å². The van der Waals surface area contributed by atoms with E-state index >= 15 is 0 Å². The Labute approximate surface area is 125 Å². The van der Waals surface area contributed by atoms with Crippen molar-refractivity contribution in [2.24, 2.45) is 0 Å². The van der Waals surface area contributed by atoms with Gasteiger partial charge in [-0.25, -0.2) is 0 Å². The van der Waals surface area contributed by atoms with Crippen molar-refractivity contribution in [2.75, 3.05) is 0 Å². The zero-order valence-electron chi connectivity index (χ0n) is 8.56. The second-order valence-electron chi connectivity index (χ2n) is 2.67. The van der Waals surface area contributed by atoms with Gasteiger partial charge in [0.05, 0.1) is 5.52 Å². The number of H-pyrrole nitrogens is 1. The minimum Gasteiger partial charge on any atom is -1.00 e. The van der Waals surface area contributed by atoms with Gasteiger partial charge in [-0.1, -0.05) is 12.1 Å². The molecule has 14 heavy (non-hydrogen) atoms. The van der Waals surface area contributed by atoms with Crippen molar-refractivity contribution < 1.29 is 65.8 Å². The Kier molecular flexibility index (Phi) is 3.92. The second-order valence-corrected chi connectivity index (χ2v) is 4.06. The van der Waals surface area contributed by atoms with Crippen molar-refractivity contribution in [3.63, 3.8) is 0 Å². The number of hydrogen-bond donors (Lipinski definition) is 2. The van der Waals surface area contributed by atoms with E-state index < -0.39 is 10.1 Å². The molecule has 0 unspecified atom stereocenters. The Hall–Kier alpha value is 0.306. The predicted octanol–water partition coefficient (Wildman–Crippen LogP) is -1.47. The number of aromatic amines is 1. The van der Waals surface area contributed by atoms with Gasteiger partial charge in [-0.3, -0.25) is 4.55 Å². The summed E-state index contributed by atoms with van der Waals surface area (Å²) in [6.45, 7) is 0. The summed E-state index contributed by atoms with van der Waals surface area (Å²) in [5.74, 6) is 0. The first-order chi connectivity index (χ1) is 6.09. The third-order valence-electron chi connectivity index (χ3n) is 1.83. The molecule has 1 aromatic carbocycles. The third kappa shape index (κ3) is 2.27. The Bertz CT molecular complexity index is 552. The van der Waals surface area contributed by atoms with Crippen LogP contribution in [0.1, 0.15) is 1.43 Å². The predicted molar refractivity (Wildman–Crippen MR) is 49.2 cm³/mol. The Morgan fingerprint density at radius 2 is 2.00 bits per heavy atom. The first-order valence-electron chi connectivity index (χ1n) is 3.62. The van der Waals surface area contributed by atoms with Crippen LogP contribution in [0.15, 0.2) is 35.4 Å². The average molecular weight is 237 g/mol. The van der Waals surface area contributed by atoms with Crippen molar-refractivity contribution in [1.82, 2.24) is 4.98 Å². The van der Waals surface area contributed by atoms with Crippen LogP contribution in [0.2, 0.25) is 0 Å². The van der Waals surface area contributed by atoms with Crippen LogP contribution in [0, 0.1) is 0 Å². The van der Waals surface area contributed by atoms with Crippen molar-refractivity contribution in [2.45, 2.75) is 4.90 Å². The van der Waals surface area contributed by atoms with Gasteiger partial charge in [0.15, 0.2) is 0 Å². The van der Waals surface area contributed by atoms with Gasteiger partial charge in [-0.05, 0) is 12.1 Å². The molecule has 0 radical (unpaired) electrons. The molecule has 4 nitrogen and oxygen atoms in total. The fourth-order valence-electron chi connectivity index (χ4n) is 1.27. The first kappa shape index (κ1) is 12.4. The number of benzene rings is 1. The van der Waals surface area contributed by atoms with Crippen LogP contribution in [-0.4, -0.2) is 18.0 Å². The molecule has 6 heteroatoms. The monoisotopic (exact) mass is 237 g/mol. The molecule has 1 heterocycles. The molecule has 0 saturated heterocycles. The summed E-state index contributed by atoms with van der Waals surface area (Å²) in [6, 6.07) is 6.44. The molecule has 2 rings (SSSR count). The second kappa shape index (κ2) is 4.44. The molecule has 0 bridgehead atoms. The SMILES string of the molecule is O=S(=O)(O)c1cccc2cc[nH]c12.[H-].[K+]. The zero-order chi connectivity index (χ0) is 9.47. The summed E-state index contributed by atoms with van der Waals surface area (Å²) >= 11 is 0. The third-order valence-corrected chi connectivity index (χ3v) is 2.72. The maximum atomic E-state index is 10.9. The van der Waals surface area contributed by atoms with E-state index in [-0.39, 0.29) is 57.7 Å². The summed E-state index contributed by atoms with van der Waals surface area (Å²) in [4.78, 5) is 2.67. The van der Waals surface area contributed by atoms with Crippen LogP contribution in [0.3, 0.4) is 0 Å². The molecule has 2 aromatic rings. The van der Waals surface area contributed by atoms with Gasteiger partial charge in [-0.2, -0.15) is 8.42 Å². The van der Waals surface area contributed by atoms with Gasteiger partial charge in [0, 0.05) is 11.6 Å². The van der Waals surface area contributed by atoms with Gasteiger partial charge in [0.1, 0.15) is 4.90 Å². The molecular formula is C8H8KNO3S. The Balaban J connectivity index is 0.000000980. The maximum absolute atomic E-state index is 10.9. The summed E-state index contributed by atoms with van der Waals surface area (Å²) in [5.41, 5.74) is 0.435. The molecule has 2 N–H and O–H groups in total.